The average molecular weight is 440 g/mol. The molecule has 5 heteroatoms. The molecule has 5 rings (SSSR count). The Morgan fingerprint density at radius 3 is 2.48 bits per heavy atom. The Morgan fingerprint density at radius 1 is 0.970 bits per heavy atom. The van der Waals surface area contributed by atoms with Gasteiger partial charge in [0, 0.05) is 23.8 Å². The molecule has 1 aliphatic rings. The number of halogens is 1. The van der Waals surface area contributed by atoms with Gasteiger partial charge in [0.25, 0.3) is 5.91 Å². The van der Waals surface area contributed by atoms with E-state index in [0.29, 0.717) is 5.69 Å². The predicted octanol–water partition coefficient (Wildman–Crippen LogP) is 6.20. The van der Waals surface area contributed by atoms with Crippen molar-refractivity contribution in [1.82, 2.24) is 9.88 Å². The second kappa shape index (κ2) is 9.12. The summed E-state index contributed by atoms with van der Waals surface area (Å²) in [5.74, 6) is -1.02. The first kappa shape index (κ1) is 21.3. The summed E-state index contributed by atoms with van der Waals surface area (Å²) in [4.78, 5) is 19.8. The molecule has 33 heavy (non-hydrogen) atoms. The van der Waals surface area contributed by atoms with Crippen LogP contribution in [0.1, 0.15) is 34.3 Å². The first-order valence-corrected chi connectivity index (χ1v) is 11.3. The van der Waals surface area contributed by atoms with Gasteiger partial charge in [-0.25, -0.2) is 4.39 Å². The number of likely N-dealkylation sites (tertiary alicyclic amines) is 1. The van der Waals surface area contributed by atoms with Crippen molar-refractivity contribution in [3.63, 3.8) is 0 Å². The van der Waals surface area contributed by atoms with E-state index < -0.39 is 11.7 Å². The van der Waals surface area contributed by atoms with Gasteiger partial charge < -0.3 is 5.32 Å². The molecule has 1 fully saturated rings. The second-order valence-corrected chi connectivity index (χ2v) is 8.75. The van der Waals surface area contributed by atoms with E-state index in [4.69, 9.17) is 0 Å². The molecule has 1 amide bonds. The van der Waals surface area contributed by atoms with Crippen molar-refractivity contribution in [1.29, 1.82) is 0 Å². The molecule has 0 unspecified atom stereocenters. The van der Waals surface area contributed by atoms with Crippen LogP contribution in [0.3, 0.4) is 0 Å². The molecule has 0 spiro atoms. The topological polar surface area (TPSA) is 45.2 Å². The molecule has 0 atom stereocenters. The van der Waals surface area contributed by atoms with Crippen LogP contribution < -0.4 is 5.32 Å². The number of carbonyl (C=O) groups is 1. The number of fused-ring (bicyclic) bond motifs is 1. The van der Waals surface area contributed by atoms with Crippen molar-refractivity contribution in [3.8, 4) is 11.1 Å². The fourth-order valence-electron chi connectivity index (χ4n) is 4.35. The van der Waals surface area contributed by atoms with E-state index in [1.807, 2.05) is 55.6 Å². The lowest BCUT2D eigenvalue weighted by atomic mass is 10.0. The van der Waals surface area contributed by atoms with Crippen molar-refractivity contribution in [3.05, 3.63) is 95.4 Å². The number of amides is 1. The Hall–Kier alpha value is -3.57. The first-order chi connectivity index (χ1) is 16.0. The largest absolute Gasteiger partial charge is 0.322 e. The minimum Gasteiger partial charge on any atom is -0.322 e. The van der Waals surface area contributed by atoms with Gasteiger partial charge in [0.2, 0.25) is 0 Å². The molecule has 0 saturated carbocycles. The lowest BCUT2D eigenvalue weighted by molar-refractivity contribution is 0.102. The van der Waals surface area contributed by atoms with Crippen LogP contribution in [0.15, 0.2) is 72.9 Å². The van der Waals surface area contributed by atoms with Crippen molar-refractivity contribution in [2.75, 3.05) is 18.4 Å². The van der Waals surface area contributed by atoms with E-state index >= 15 is 0 Å². The summed E-state index contributed by atoms with van der Waals surface area (Å²) in [6.45, 7) is 5.21. The Balaban J connectivity index is 1.31. The smallest absolute Gasteiger partial charge is 0.258 e. The lowest BCUT2D eigenvalue weighted by Gasteiger charge is -2.14. The number of rotatable bonds is 5. The fourth-order valence-corrected chi connectivity index (χ4v) is 4.35. The molecule has 0 radical (unpaired) electrons. The molecule has 0 bridgehead atoms. The minimum atomic E-state index is -0.545. The van der Waals surface area contributed by atoms with Crippen LogP contribution in [0, 0.1) is 12.7 Å². The summed E-state index contributed by atoms with van der Waals surface area (Å²) in [5.41, 5.74) is 5.39. The monoisotopic (exact) mass is 439 g/mol. The van der Waals surface area contributed by atoms with Crippen LogP contribution in [0.25, 0.3) is 22.0 Å². The number of aromatic nitrogens is 1. The highest BCUT2D eigenvalue weighted by molar-refractivity contribution is 6.05. The van der Waals surface area contributed by atoms with Crippen LogP contribution in [0.5, 0.6) is 0 Å². The molecular weight excluding hydrogens is 413 g/mol. The normalized spacial score (nSPS) is 14.0. The third-order valence-electron chi connectivity index (χ3n) is 6.20. The van der Waals surface area contributed by atoms with Gasteiger partial charge in [-0.05, 0) is 79.9 Å². The SMILES string of the molecule is Cc1ccc(-c2ccc(C(=O)Nc3ccc4cc(CN5CCCC5)cnc4c3)c(F)c2)cc1. The zero-order chi connectivity index (χ0) is 22.8. The van der Waals surface area contributed by atoms with Crippen LogP contribution in [-0.2, 0) is 6.54 Å². The molecule has 3 aromatic carbocycles. The third-order valence-corrected chi connectivity index (χ3v) is 6.20. The number of carbonyl (C=O) groups excluding carboxylic acids is 1. The van der Waals surface area contributed by atoms with Gasteiger partial charge in [-0.3, -0.25) is 14.7 Å². The fraction of sp³-hybridized carbons (Fsp3) is 0.214. The maximum Gasteiger partial charge on any atom is 0.258 e. The van der Waals surface area contributed by atoms with Crippen LogP contribution in [0.2, 0.25) is 0 Å². The number of hydrogen-bond acceptors (Lipinski definition) is 3. The lowest BCUT2D eigenvalue weighted by Crippen LogP contribution is -2.18. The van der Waals surface area contributed by atoms with Crippen LogP contribution in [0.4, 0.5) is 10.1 Å². The summed E-state index contributed by atoms with van der Waals surface area (Å²) < 4.78 is 14.8. The molecule has 0 aliphatic carbocycles. The Labute approximate surface area is 193 Å². The van der Waals surface area contributed by atoms with Crippen LogP contribution >= 0.6 is 0 Å². The number of aryl methyl sites for hydroxylation is 1. The van der Waals surface area contributed by atoms with E-state index in [1.165, 1.54) is 30.5 Å². The minimum absolute atomic E-state index is 0.0138. The van der Waals surface area contributed by atoms with Gasteiger partial charge in [0.05, 0.1) is 11.1 Å². The van der Waals surface area contributed by atoms with Crippen molar-refractivity contribution >= 4 is 22.5 Å². The van der Waals surface area contributed by atoms with Gasteiger partial charge in [0.15, 0.2) is 0 Å². The summed E-state index contributed by atoms with van der Waals surface area (Å²) in [6.07, 6.45) is 4.43. The number of anilines is 1. The molecule has 2 heterocycles. The zero-order valence-corrected chi connectivity index (χ0v) is 18.6. The van der Waals surface area contributed by atoms with E-state index in [1.54, 1.807) is 6.07 Å². The number of benzene rings is 3. The predicted molar refractivity (Wildman–Crippen MR) is 131 cm³/mol. The zero-order valence-electron chi connectivity index (χ0n) is 18.6. The Morgan fingerprint density at radius 2 is 1.73 bits per heavy atom. The van der Waals surface area contributed by atoms with Crippen molar-refractivity contribution in [2.45, 2.75) is 26.3 Å². The highest BCUT2D eigenvalue weighted by atomic mass is 19.1. The van der Waals surface area contributed by atoms with Crippen molar-refractivity contribution in [2.24, 2.45) is 0 Å². The second-order valence-electron chi connectivity index (χ2n) is 8.75. The van der Waals surface area contributed by atoms with Gasteiger partial charge in [-0.15, -0.1) is 0 Å². The van der Waals surface area contributed by atoms with E-state index in [2.05, 4.69) is 21.3 Å². The number of nitrogens with one attached hydrogen (secondary N) is 1. The van der Waals surface area contributed by atoms with Crippen LogP contribution in [-0.4, -0.2) is 28.9 Å². The van der Waals surface area contributed by atoms with Gasteiger partial charge in [0.1, 0.15) is 5.82 Å². The molecule has 4 aromatic rings. The first-order valence-electron chi connectivity index (χ1n) is 11.3. The van der Waals surface area contributed by atoms with E-state index in [9.17, 15) is 9.18 Å². The van der Waals surface area contributed by atoms with E-state index in [0.717, 1.165) is 47.2 Å². The number of pyridine rings is 1. The standard InChI is InChI=1S/C28H26FN3O/c1-19-4-6-21(7-5-19)22-9-11-25(26(29)15-22)28(33)31-24-10-8-23-14-20(17-30-27(23)16-24)18-32-12-2-3-13-32/h4-11,14-17H,2-3,12-13,18H2,1H3,(H,31,33). The molecule has 1 aliphatic heterocycles. The highest BCUT2D eigenvalue weighted by Gasteiger charge is 2.15. The highest BCUT2D eigenvalue weighted by Crippen LogP contribution is 2.24. The molecule has 1 N–H and O–H groups in total. The number of nitrogens with zero attached hydrogens (tertiary/aromatic N) is 2. The summed E-state index contributed by atoms with van der Waals surface area (Å²) in [7, 11) is 0. The summed E-state index contributed by atoms with van der Waals surface area (Å²) in [5, 5.41) is 3.83. The van der Waals surface area contributed by atoms with Crippen molar-refractivity contribution < 1.29 is 9.18 Å². The summed E-state index contributed by atoms with van der Waals surface area (Å²) >= 11 is 0. The average Bonchev–Trinajstić information content (AvgIpc) is 3.32. The molecule has 4 nitrogen and oxygen atoms in total. The Kier molecular flexibility index (Phi) is 5.88. The third kappa shape index (κ3) is 4.78. The number of hydrogen-bond donors (Lipinski definition) is 1. The van der Waals surface area contributed by atoms with Gasteiger partial charge in [-0.1, -0.05) is 42.0 Å². The van der Waals surface area contributed by atoms with Gasteiger partial charge >= 0.3 is 0 Å². The van der Waals surface area contributed by atoms with E-state index in [-0.39, 0.29) is 5.56 Å². The molecular formula is C28H26FN3O. The molecule has 166 valence electrons. The Bertz CT molecular complexity index is 1310. The maximum atomic E-state index is 14.8. The quantitative estimate of drug-likeness (QED) is 0.403. The maximum absolute atomic E-state index is 14.8. The van der Waals surface area contributed by atoms with Gasteiger partial charge in [-0.2, -0.15) is 0 Å². The summed E-state index contributed by atoms with van der Waals surface area (Å²) in [6, 6.07) is 20.3. The molecule has 1 aromatic heterocycles. The molecule has 1 saturated heterocycles.